The molecule has 0 spiro atoms. The molecule has 134 valence electrons. The van der Waals surface area contributed by atoms with Crippen molar-refractivity contribution in [2.24, 2.45) is 5.92 Å². The Morgan fingerprint density at radius 1 is 1.21 bits per heavy atom. The maximum Gasteiger partial charge on any atom is 0.408 e. The summed E-state index contributed by atoms with van der Waals surface area (Å²) in [5, 5.41) is 2.55. The first-order valence-corrected chi connectivity index (χ1v) is 9.00. The molecule has 1 aromatic rings. The van der Waals surface area contributed by atoms with Crippen LogP contribution in [0.5, 0.6) is 0 Å². The normalized spacial score (nSPS) is 14.0. The van der Waals surface area contributed by atoms with Gasteiger partial charge in [0.05, 0.1) is 0 Å². The van der Waals surface area contributed by atoms with Crippen molar-refractivity contribution in [3.05, 3.63) is 30.3 Å². The lowest BCUT2D eigenvalue weighted by molar-refractivity contribution is -0.121. The van der Waals surface area contributed by atoms with Crippen LogP contribution in [0.3, 0.4) is 0 Å². The van der Waals surface area contributed by atoms with Crippen molar-refractivity contribution >= 4 is 23.4 Å². The van der Waals surface area contributed by atoms with Crippen LogP contribution in [0.2, 0.25) is 0 Å². The summed E-state index contributed by atoms with van der Waals surface area (Å²) >= 11 is -1.67. The van der Waals surface area contributed by atoms with Gasteiger partial charge in [-0.05, 0) is 45.2 Å². The third kappa shape index (κ3) is 7.70. The number of hydrogen-bond acceptors (Lipinski definition) is 4. The molecule has 0 bridgehead atoms. The van der Waals surface area contributed by atoms with E-state index in [-0.39, 0.29) is 5.92 Å². The van der Waals surface area contributed by atoms with Gasteiger partial charge in [0.1, 0.15) is 23.0 Å². The Morgan fingerprint density at radius 2 is 1.79 bits per heavy atom. The van der Waals surface area contributed by atoms with Crippen LogP contribution in [0.4, 0.5) is 4.79 Å². The second-order valence-corrected chi connectivity index (χ2v) is 8.09. The zero-order valence-electron chi connectivity index (χ0n) is 14.8. The monoisotopic (exact) mass is 354 g/mol. The van der Waals surface area contributed by atoms with Crippen molar-refractivity contribution in [3.8, 4) is 0 Å². The topological polar surface area (TPSA) is 90.5 Å². The summed E-state index contributed by atoms with van der Waals surface area (Å²) in [4.78, 5) is 24.8. The Bertz CT molecular complexity index is 543. The van der Waals surface area contributed by atoms with Gasteiger partial charge in [0.2, 0.25) is 0 Å². The largest absolute Gasteiger partial charge is 0.588 e. The Kier molecular flexibility index (Phi) is 7.57. The average molecular weight is 354 g/mol. The first-order valence-electron chi connectivity index (χ1n) is 7.85. The molecular weight excluding hydrogens is 328 g/mol. The number of ether oxygens (including phenoxy) is 1. The van der Waals surface area contributed by atoms with Gasteiger partial charge >= 0.3 is 6.09 Å². The van der Waals surface area contributed by atoms with E-state index in [1.165, 1.54) is 0 Å². The van der Waals surface area contributed by atoms with Gasteiger partial charge in [-0.2, -0.15) is 4.72 Å². The highest BCUT2D eigenvalue weighted by molar-refractivity contribution is 7.90. The molecular formula is C17H26N2O4S. The number of hydrogen-bond donors (Lipinski definition) is 2. The fourth-order valence-electron chi connectivity index (χ4n) is 1.92. The minimum Gasteiger partial charge on any atom is -0.588 e. The smallest absolute Gasteiger partial charge is 0.408 e. The predicted molar refractivity (Wildman–Crippen MR) is 93.6 cm³/mol. The van der Waals surface area contributed by atoms with E-state index in [0.717, 1.165) is 0 Å². The van der Waals surface area contributed by atoms with Gasteiger partial charge in [0, 0.05) is 0 Å². The summed E-state index contributed by atoms with van der Waals surface area (Å²) in [7, 11) is 0. The quantitative estimate of drug-likeness (QED) is 0.769. The van der Waals surface area contributed by atoms with Crippen LogP contribution < -0.4 is 10.0 Å². The second-order valence-electron chi connectivity index (χ2n) is 6.88. The lowest BCUT2D eigenvalue weighted by Crippen LogP contribution is -2.50. The van der Waals surface area contributed by atoms with Gasteiger partial charge in [-0.25, -0.2) is 4.79 Å². The molecule has 0 saturated heterocycles. The number of carbonyl (C=O) groups is 2. The number of carbonyl (C=O) groups excluding carboxylic acids is 2. The summed E-state index contributed by atoms with van der Waals surface area (Å²) in [6, 6.07) is 7.79. The number of amides is 2. The van der Waals surface area contributed by atoms with Gasteiger partial charge in [-0.1, -0.05) is 32.0 Å². The molecule has 0 heterocycles. The third-order valence-corrected chi connectivity index (χ3v) is 3.95. The Balaban J connectivity index is 2.72. The molecule has 2 atom stereocenters. The number of alkyl carbamates (subject to hydrolysis) is 1. The standard InChI is InChI=1S/C17H26N2O4S/c1-12(2)11-14(18-16(21)23-17(3,4)5)15(20)19-24(22)13-9-7-6-8-10-13/h6-10,12,14H,11H2,1-5H3,(H,18,21)(H,19,20)/t14?,24-/m1/s1. The molecule has 2 amide bonds. The van der Waals surface area contributed by atoms with E-state index in [0.29, 0.717) is 11.3 Å². The van der Waals surface area contributed by atoms with E-state index < -0.39 is 35.0 Å². The van der Waals surface area contributed by atoms with Gasteiger partial charge in [0.15, 0.2) is 4.90 Å². The summed E-state index contributed by atoms with van der Waals surface area (Å²) in [5.41, 5.74) is -0.657. The lowest BCUT2D eigenvalue weighted by atomic mass is 10.0. The van der Waals surface area contributed by atoms with Gasteiger partial charge in [-0.15, -0.1) is 0 Å². The van der Waals surface area contributed by atoms with Gasteiger partial charge < -0.3 is 14.6 Å². The molecule has 0 radical (unpaired) electrons. The van der Waals surface area contributed by atoms with Crippen molar-refractivity contribution in [3.63, 3.8) is 0 Å². The first kappa shape index (κ1) is 20.3. The van der Waals surface area contributed by atoms with Crippen LogP contribution in [0.25, 0.3) is 0 Å². The van der Waals surface area contributed by atoms with Crippen LogP contribution in [0, 0.1) is 5.92 Å². The maximum atomic E-state index is 12.4. The van der Waals surface area contributed by atoms with Crippen molar-refractivity contribution in [1.82, 2.24) is 10.0 Å². The van der Waals surface area contributed by atoms with E-state index in [4.69, 9.17) is 4.74 Å². The van der Waals surface area contributed by atoms with E-state index in [1.807, 2.05) is 13.8 Å². The van der Waals surface area contributed by atoms with E-state index in [1.54, 1.807) is 51.1 Å². The highest BCUT2D eigenvalue weighted by atomic mass is 32.2. The molecule has 0 saturated carbocycles. The number of nitrogens with one attached hydrogen (secondary N) is 2. The SMILES string of the molecule is CC(C)CC(NC(=O)OC(C)(C)C)C(=O)N[S@+]([O-])c1ccccc1. The van der Waals surface area contributed by atoms with E-state index in [9.17, 15) is 14.1 Å². The van der Waals surface area contributed by atoms with Crippen LogP contribution >= 0.6 is 0 Å². The minimum absolute atomic E-state index is 0.167. The Hall–Kier alpha value is -1.73. The van der Waals surface area contributed by atoms with Crippen molar-refractivity contribution in [1.29, 1.82) is 0 Å². The van der Waals surface area contributed by atoms with Crippen LogP contribution in [-0.4, -0.2) is 28.2 Å². The molecule has 1 unspecified atom stereocenters. The van der Waals surface area contributed by atoms with Crippen LogP contribution in [0.15, 0.2) is 35.2 Å². The maximum absolute atomic E-state index is 12.4. The molecule has 1 aromatic carbocycles. The first-order chi connectivity index (χ1) is 11.1. The van der Waals surface area contributed by atoms with Crippen molar-refractivity contribution in [2.45, 2.75) is 57.6 Å². The highest BCUT2D eigenvalue weighted by Gasteiger charge is 2.28. The average Bonchev–Trinajstić information content (AvgIpc) is 2.44. The lowest BCUT2D eigenvalue weighted by Gasteiger charge is -2.24. The molecule has 6 nitrogen and oxygen atoms in total. The van der Waals surface area contributed by atoms with Crippen LogP contribution in [-0.2, 0) is 20.9 Å². The molecule has 0 aliphatic heterocycles. The summed E-state index contributed by atoms with van der Waals surface area (Å²) in [5.74, 6) is -0.336. The highest BCUT2D eigenvalue weighted by Crippen LogP contribution is 2.11. The zero-order chi connectivity index (χ0) is 18.3. The summed E-state index contributed by atoms with van der Waals surface area (Å²) in [6.07, 6.45) is -0.259. The van der Waals surface area contributed by atoms with Crippen LogP contribution in [0.1, 0.15) is 41.0 Å². The van der Waals surface area contributed by atoms with E-state index >= 15 is 0 Å². The molecule has 2 N–H and O–H groups in total. The molecule has 0 aliphatic rings. The summed E-state index contributed by atoms with van der Waals surface area (Å²) < 4.78 is 19.8. The fraction of sp³-hybridized carbons (Fsp3) is 0.529. The molecule has 1 rings (SSSR count). The Morgan fingerprint density at radius 3 is 2.29 bits per heavy atom. The van der Waals surface area contributed by atoms with E-state index in [2.05, 4.69) is 10.0 Å². The molecule has 24 heavy (non-hydrogen) atoms. The number of rotatable bonds is 6. The fourth-order valence-corrected chi connectivity index (χ4v) is 2.77. The summed E-state index contributed by atoms with van der Waals surface area (Å²) in [6.45, 7) is 9.11. The Labute approximate surface area is 146 Å². The number of benzene rings is 1. The molecule has 7 heteroatoms. The minimum atomic E-state index is -1.67. The van der Waals surface area contributed by atoms with Gasteiger partial charge in [0.25, 0.3) is 5.91 Å². The molecule has 0 fully saturated rings. The van der Waals surface area contributed by atoms with Crippen molar-refractivity contribution in [2.75, 3.05) is 0 Å². The molecule has 0 aromatic heterocycles. The van der Waals surface area contributed by atoms with Gasteiger partial charge in [-0.3, -0.25) is 4.79 Å². The predicted octanol–water partition coefficient (Wildman–Crippen LogP) is 2.76. The zero-order valence-corrected chi connectivity index (χ0v) is 15.6. The molecule has 0 aliphatic carbocycles. The van der Waals surface area contributed by atoms with Crippen molar-refractivity contribution < 1.29 is 18.9 Å². The second kappa shape index (κ2) is 8.94. The third-order valence-electron chi connectivity index (χ3n) is 2.87.